The van der Waals surface area contributed by atoms with E-state index in [0.717, 1.165) is 12.8 Å². The monoisotopic (exact) mass is 230 g/mol. The van der Waals surface area contributed by atoms with E-state index < -0.39 is 0 Å². The molecule has 16 heavy (non-hydrogen) atoms. The molecule has 94 valence electrons. The lowest BCUT2D eigenvalue weighted by molar-refractivity contribution is -0.178. The summed E-state index contributed by atoms with van der Waals surface area (Å²) in [7, 11) is 0. The van der Waals surface area contributed by atoms with Gasteiger partial charge >= 0.3 is 0 Å². The minimum atomic E-state index is -0.271. The van der Waals surface area contributed by atoms with Gasteiger partial charge < -0.3 is 14.2 Å². The summed E-state index contributed by atoms with van der Waals surface area (Å²) in [5.74, 6) is 0.353. The second-order valence-electron chi connectivity index (χ2n) is 3.91. The van der Waals surface area contributed by atoms with E-state index in [9.17, 15) is 4.79 Å². The molecule has 0 radical (unpaired) electrons. The molecule has 1 saturated carbocycles. The second-order valence-corrected chi connectivity index (χ2v) is 3.91. The van der Waals surface area contributed by atoms with E-state index in [1.165, 1.54) is 0 Å². The maximum atomic E-state index is 11.0. The van der Waals surface area contributed by atoms with Crippen LogP contribution >= 0.6 is 0 Å². The van der Waals surface area contributed by atoms with Crippen molar-refractivity contribution in [3.8, 4) is 0 Å². The lowest BCUT2D eigenvalue weighted by atomic mass is 9.96. The average molecular weight is 230 g/mol. The number of carbonyl (C=O) groups excluding carboxylic acids is 1. The van der Waals surface area contributed by atoms with Crippen molar-refractivity contribution in [1.29, 1.82) is 0 Å². The number of Topliss-reactive ketones (excluding diaryl/α,β-unsaturated/α-hetero) is 1. The van der Waals surface area contributed by atoms with E-state index in [1.807, 2.05) is 13.8 Å². The Morgan fingerprint density at radius 2 is 1.75 bits per heavy atom. The summed E-state index contributed by atoms with van der Waals surface area (Å²) >= 11 is 0. The number of hydrogen-bond acceptors (Lipinski definition) is 4. The van der Waals surface area contributed by atoms with Gasteiger partial charge in [-0.05, 0) is 26.7 Å². The predicted octanol–water partition coefficient (Wildman–Crippen LogP) is 1.91. The van der Waals surface area contributed by atoms with Crippen LogP contribution in [-0.4, -0.2) is 38.0 Å². The van der Waals surface area contributed by atoms with Gasteiger partial charge in [-0.2, -0.15) is 0 Å². The van der Waals surface area contributed by atoms with Crippen LogP contribution in [0.2, 0.25) is 0 Å². The summed E-state index contributed by atoms with van der Waals surface area (Å²) in [6, 6.07) is 0. The maximum absolute atomic E-state index is 11.0. The Balaban J connectivity index is 2.18. The van der Waals surface area contributed by atoms with Crippen LogP contribution < -0.4 is 0 Å². The van der Waals surface area contributed by atoms with Gasteiger partial charge in [-0.1, -0.05) is 0 Å². The van der Waals surface area contributed by atoms with E-state index in [4.69, 9.17) is 14.2 Å². The van der Waals surface area contributed by atoms with Gasteiger partial charge in [0.1, 0.15) is 5.78 Å². The quantitative estimate of drug-likeness (QED) is 0.627. The molecule has 1 rings (SSSR count). The minimum Gasteiger partial charge on any atom is -0.373 e. The van der Waals surface area contributed by atoms with E-state index in [2.05, 4.69) is 0 Å². The molecule has 0 aromatic rings. The van der Waals surface area contributed by atoms with Crippen LogP contribution in [0.5, 0.6) is 0 Å². The number of ketones is 1. The van der Waals surface area contributed by atoms with Crippen LogP contribution in [-0.2, 0) is 19.0 Å². The molecule has 0 saturated heterocycles. The molecule has 0 aromatic carbocycles. The zero-order valence-corrected chi connectivity index (χ0v) is 10.2. The molecule has 0 aromatic heterocycles. The fourth-order valence-corrected chi connectivity index (χ4v) is 1.81. The van der Waals surface area contributed by atoms with Crippen molar-refractivity contribution < 1.29 is 19.0 Å². The summed E-state index contributed by atoms with van der Waals surface area (Å²) < 4.78 is 16.5. The molecule has 4 heteroatoms. The van der Waals surface area contributed by atoms with Crippen molar-refractivity contribution in [2.45, 2.75) is 51.9 Å². The van der Waals surface area contributed by atoms with Gasteiger partial charge in [0.25, 0.3) is 0 Å². The first-order valence-corrected chi connectivity index (χ1v) is 6.12. The third kappa shape index (κ3) is 5.05. The molecule has 0 unspecified atom stereocenters. The van der Waals surface area contributed by atoms with Crippen molar-refractivity contribution in [3.63, 3.8) is 0 Å². The molecule has 0 amide bonds. The Morgan fingerprint density at radius 3 is 2.25 bits per heavy atom. The fourth-order valence-electron chi connectivity index (χ4n) is 1.81. The normalized spacial score (nSPS) is 18.3. The zero-order valence-electron chi connectivity index (χ0n) is 10.2. The topological polar surface area (TPSA) is 44.8 Å². The molecular weight excluding hydrogens is 208 g/mol. The molecule has 0 spiro atoms. The Kier molecular flexibility index (Phi) is 6.61. The molecule has 1 aliphatic carbocycles. The zero-order chi connectivity index (χ0) is 11.8. The van der Waals surface area contributed by atoms with Crippen molar-refractivity contribution >= 4 is 5.78 Å². The highest BCUT2D eigenvalue weighted by Gasteiger charge is 2.20. The third-order valence-electron chi connectivity index (χ3n) is 2.66. The first kappa shape index (κ1) is 13.6. The van der Waals surface area contributed by atoms with Gasteiger partial charge in [-0.15, -0.1) is 0 Å². The largest absolute Gasteiger partial charge is 0.373 e. The first-order chi connectivity index (χ1) is 7.76. The summed E-state index contributed by atoms with van der Waals surface area (Å²) in [6.45, 7) is 5.57. The summed E-state index contributed by atoms with van der Waals surface area (Å²) in [5, 5.41) is 0. The molecule has 0 heterocycles. The lowest BCUT2D eigenvalue weighted by Gasteiger charge is -2.24. The number of hydrogen-bond donors (Lipinski definition) is 0. The molecule has 0 N–H and O–H groups in total. The number of rotatable bonds is 7. The lowest BCUT2D eigenvalue weighted by Crippen LogP contribution is -2.29. The van der Waals surface area contributed by atoms with Crippen molar-refractivity contribution in [1.82, 2.24) is 0 Å². The van der Waals surface area contributed by atoms with Crippen LogP contribution in [0.1, 0.15) is 39.5 Å². The number of carbonyl (C=O) groups is 1. The average Bonchev–Trinajstić information content (AvgIpc) is 2.29. The standard InChI is InChI=1S/C12H22O4/c1-3-14-12(15-4-2)9-16-11-7-5-10(13)6-8-11/h11-12H,3-9H2,1-2H3. The van der Waals surface area contributed by atoms with Crippen LogP contribution in [0.3, 0.4) is 0 Å². The molecule has 1 aliphatic rings. The second kappa shape index (κ2) is 7.76. The van der Waals surface area contributed by atoms with Gasteiger partial charge in [-0.3, -0.25) is 4.79 Å². The molecule has 4 nitrogen and oxygen atoms in total. The van der Waals surface area contributed by atoms with Crippen molar-refractivity contribution in [2.24, 2.45) is 0 Å². The number of ether oxygens (including phenoxy) is 3. The molecule has 0 aliphatic heterocycles. The van der Waals surface area contributed by atoms with Gasteiger partial charge in [0.05, 0.1) is 12.7 Å². The van der Waals surface area contributed by atoms with Crippen LogP contribution in [0.15, 0.2) is 0 Å². The van der Waals surface area contributed by atoms with Crippen molar-refractivity contribution in [3.05, 3.63) is 0 Å². The molecule has 0 bridgehead atoms. The fraction of sp³-hybridized carbons (Fsp3) is 0.917. The van der Waals surface area contributed by atoms with E-state index in [1.54, 1.807) is 0 Å². The maximum Gasteiger partial charge on any atom is 0.180 e. The summed E-state index contributed by atoms with van der Waals surface area (Å²) in [5.41, 5.74) is 0. The Bertz CT molecular complexity index is 189. The molecule has 0 atom stereocenters. The van der Waals surface area contributed by atoms with Gasteiger partial charge in [0.2, 0.25) is 0 Å². The minimum absolute atomic E-state index is 0.195. The predicted molar refractivity (Wildman–Crippen MR) is 60.3 cm³/mol. The van der Waals surface area contributed by atoms with Gasteiger partial charge in [0.15, 0.2) is 6.29 Å². The Labute approximate surface area is 97.2 Å². The van der Waals surface area contributed by atoms with Crippen LogP contribution in [0.25, 0.3) is 0 Å². The van der Waals surface area contributed by atoms with Gasteiger partial charge in [-0.25, -0.2) is 0 Å². The molecule has 1 fully saturated rings. The Morgan fingerprint density at radius 1 is 1.19 bits per heavy atom. The molecular formula is C12H22O4. The van der Waals surface area contributed by atoms with E-state index >= 15 is 0 Å². The highest BCUT2D eigenvalue weighted by atomic mass is 16.7. The Hall–Kier alpha value is -0.450. The van der Waals surface area contributed by atoms with E-state index in [0.29, 0.717) is 38.4 Å². The van der Waals surface area contributed by atoms with Crippen molar-refractivity contribution in [2.75, 3.05) is 19.8 Å². The van der Waals surface area contributed by atoms with Gasteiger partial charge in [0, 0.05) is 26.1 Å². The summed E-state index contributed by atoms with van der Waals surface area (Å²) in [4.78, 5) is 11.0. The third-order valence-corrected chi connectivity index (χ3v) is 2.66. The highest BCUT2D eigenvalue weighted by Crippen LogP contribution is 2.18. The van der Waals surface area contributed by atoms with Crippen LogP contribution in [0, 0.1) is 0 Å². The highest BCUT2D eigenvalue weighted by molar-refractivity contribution is 5.79. The SMILES string of the molecule is CCOC(COC1CCC(=O)CC1)OCC. The first-order valence-electron chi connectivity index (χ1n) is 6.12. The van der Waals surface area contributed by atoms with Crippen LogP contribution in [0.4, 0.5) is 0 Å². The summed E-state index contributed by atoms with van der Waals surface area (Å²) in [6.07, 6.45) is 2.90. The van der Waals surface area contributed by atoms with E-state index in [-0.39, 0.29) is 12.4 Å². The smallest absolute Gasteiger partial charge is 0.180 e.